The van der Waals surface area contributed by atoms with Gasteiger partial charge in [-0.15, -0.1) is 0 Å². The van der Waals surface area contributed by atoms with Crippen molar-refractivity contribution in [3.8, 4) is 17.2 Å². The second kappa shape index (κ2) is 10.4. The summed E-state index contributed by atoms with van der Waals surface area (Å²) in [5.41, 5.74) is 3.37. The van der Waals surface area contributed by atoms with Gasteiger partial charge in [-0.2, -0.15) is 4.98 Å². The summed E-state index contributed by atoms with van der Waals surface area (Å²) in [6, 6.07) is 16.3. The Kier molecular flexibility index (Phi) is 7.43. The van der Waals surface area contributed by atoms with Gasteiger partial charge >= 0.3 is 0 Å². The van der Waals surface area contributed by atoms with Gasteiger partial charge in [-0.3, -0.25) is 4.99 Å². The van der Waals surface area contributed by atoms with Gasteiger partial charge in [0.25, 0.3) is 5.89 Å². The summed E-state index contributed by atoms with van der Waals surface area (Å²) in [7, 11) is 5.51. The van der Waals surface area contributed by atoms with Crippen LogP contribution in [0.1, 0.15) is 23.9 Å². The van der Waals surface area contributed by atoms with E-state index in [-0.39, 0.29) is 0 Å². The number of rotatable bonds is 8. The smallest absolute Gasteiger partial charge is 0.257 e. The van der Waals surface area contributed by atoms with Crippen LogP contribution in [0.25, 0.3) is 11.5 Å². The van der Waals surface area contributed by atoms with E-state index in [0.717, 1.165) is 49.0 Å². The van der Waals surface area contributed by atoms with Crippen LogP contribution >= 0.6 is 0 Å². The van der Waals surface area contributed by atoms with Gasteiger partial charge in [0.05, 0.1) is 7.11 Å². The van der Waals surface area contributed by atoms with E-state index in [2.05, 4.69) is 49.6 Å². The highest BCUT2D eigenvalue weighted by molar-refractivity contribution is 5.79. The van der Waals surface area contributed by atoms with Gasteiger partial charge in [0.15, 0.2) is 11.8 Å². The molecule has 0 amide bonds. The minimum absolute atomic E-state index is 0.567. The fraction of sp³-hybridized carbons (Fsp3) is 0.348. The molecule has 158 valence electrons. The van der Waals surface area contributed by atoms with E-state index < -0.39 is 0 Å². The Morgan fingerprint density at radius 3 is 2.40 bits per heavy atom. The van der Waals surface area contributed by atoms with Crippen molar-refractivity contribution >= 4 is 5.96 Å². The van der Waals surface area contributed by atoms with Crippen LogP contribution in [0.5, 0.6) is 5.75 Å². The third-order valence-corrected chi connectivity index (χ3v) is 4.83. The van der Waals surface area contributed by atoms with Crippen LogP contribution in [0.3, 0.4) is 0 Å². The number of hydrogen-bond acceptors (Lipinski definition) is 5. The van der Waals surface area contributed by atoms with Crippen LogP contribution in [0.2, 0.25) is 0 Å². The van der Waals surface area contributed by atoms with E-state index in [9.17, 15) is 0 Å². The lowest BCUT2D eigenvalue weighted by Crippen LogP contribution is -2.39. The number of guanidine groups is 1. The molecule has 0 aliphatic carbocycles. The third kappa shape index (κ3) is 5.59. The van der Waals surface area contributed by atoms with E-state index in [0.29, 0.717) is 5.89 Å². The number of aromatic nitrogens is 2. The van der Waals surface area contributed by atoms with Crippen LogP contribution in [0, 0.1) is 0 Å². The molecule has 0 fully saturated rings. The largest absolute Gasteiger partial charge is 0.497 e. The molecule has 1 heterocycles. The molecule has 0 bridgehead atoms. The fourth-order valence-corrected chi connectivity index (χ4v) is 3.11. The van der Waals surface area contributed by atoms with Gasteiger partial charge in [-0.25, -0.2) is 0 Å². The van der Waals surface area contributed by atoms with Gasteiger partial charge in [-0.1, -0.05) is 36.3 Å². The monoisotopic (exact) mass is 407 g/mol. The molecule has 0 saturated heterocycles. The second-order valence-corrected chi connectivity index (χ2v) is 6.99. The number of nitrogens with one attached hydrogen (secondary N) is 1. The van der Waals surface area contributed by atoms with Crippen LogP contribution in [-0.4, -0.2) is 48.8 Å². The van der Waals surface area contributed by atoms with Crippen LogP contribution in [-0.2, 0) is 19.4 Å². The lowest BCUT2D eigenvalue weighted by molar-refractivity contribution is 0.414. The molecular formula is C23H29N5O2. The van der Waals surface area contributed by atoms with Crippen molar-refractivity contribution in [2.75, 3.05) is 27.7 Å². The van der Waals surface area contributed by atoms with Gasteiger partial charge in [0.2, 0.25) is 0 Å². The average molecular weight is 408 g/mol. The van der Waals surface area contributed by atoms with Crippen molar-refractivity contribution in [2.24, 2.45) is 4.99 Å². The summed E-state index contributed by atoms with van der Waals surface area (Å²) in [5, 5.41) is 7.37. The lowest BCUT2D eigenvalue weighted by atomic mass is 10.1. The Morgan fingerprint density at radius 1 is 1.10 bits per heavy atom. The Bertz CT molecular complexity index is 948. The standard InChI is InChI=1S/C23H29N5O2/c1-5-21-26-22(30-27-21)19-10-6-17(7-11-19)14-15-25-23(24-2)28(3)16-18-8-12-20(29-4)13-9-18/h6-13H,5,14-16H2,1-4H3,(H,24,25). The van der Waals surface area contributed by atoms with Gasteiger partial charge < -0.3 is 19.5 Å². The lowest BCUT2D eigenvalue weighted by Gasteiger charge is -2.22. The van der Waals surface area contributed by atoms with Crippen molar-refractivity contribution in [1.29, 1.82) is 0 Å². The molecule has 0 saturated carbocycles. The first-order valence-corrected chi connectivity index (χ1v) is 10.1. The van der Waals surface area contributed by atoms with Gasteiger partial charge in [0, 0.05) is 39.2 Å². The van der Waals surface area contributed by atoms with Crippen molar-refractivity contribution in [3.05, 3.63) is 65.5 Å². The van der Waals surface area contributed by atoms with Crippen molar-refractivity contribution in [2.45, 2.75) is 26.3 Å². The van der Waals surface area contributed by atoms with Crippen LogP contribution < -0.4 is 10.1 Å². The predicted octanol–water partition coefficient (Wildman–Crippen LogP) is 3.56. The molecule has 7 nitrogen and oxygen atoms in total. The maximum atomic E-state index is 5.29. The van der Waals surface area contributed by atoms with Crippen molar-refractivity contribution in [3.63, 3.8) is 0 Å². The molecule has 0 aliphatic rings. The molecule has 1 N–H and O–H groups in total. The highest BCUT2D eigenvalue weighted by Crippen LogP contribution is 2.18. The number of aliphatic imine (C=N–C) groups is 1. The Morgan fingerprint density at radius 2 is 1.80 bits per heavy atom. The van der Waals surface area contributed by atoms with E-state index in [1.807, 2.05) is 38.2 Å². The minimum Gasteiger partial charge on any atom is -0.497 e. The Labute approximate surface area is 177 Å². The maximum Gasteiger partial charge on any atom is 0.257 e. The number of hydrogen-bond donors (Lipinski definition) is 1. The van der Waals surface area contributed by atoms with Crippen LogP contribution in [0.15, 0.2) is 58.0 Å². The minimum atomic E-state index is 0.567. The highest BCUT2D eigenvalue weighted by atomic mass is 16.5. The zero-order valence-corrected chi connectivity index (χ0v) is 18.1. The normalized spacial score (nSPS) is 11.4. The molecule has 0 unspecified atom stereocenters. The first kappa shape index (κ1) is 21.4. The summed E-state index contributed by atoms with van der Waals surface area (Å²) in [4.78, 5) is 10.9. The zero-order chi connectivity index (χ0) is 21.3. The molecule has 3 rings (SSSR count). The van der Waals surface area contributed by atoms with Crippen molar-refractivity contribution < 1.29 is 9.26 Å². The number of ether oxygens (including phenoxy) is 1. The number of benzene rings is 2. The van der Waals surface area contributed by atoms with Crippen molar-refractivity contribution in [1.82, 2.24) is 20.4 Å². The van der Waals surface area contributed by atoms with E-state index in [1.54, 1.807) is 14.2 Å². The number of aryl methyl sites for hydroxylation is 1. The van der Waals surface area contributed by atoms with E-state index in [4.69, 9.17) is 9.26 Å². The summed E-state index contributed by atoms with van der Waals surface area (Å²) in [6.45, 7) is 3.56. The molecule has 0 aliphatic heterocycles. The summed E-state index contributed by atoms with van der Waals surface area (Å²) in [5.74, 6) is 3.01. The summed E-state index contributed by atoms with van der Waals surface area (Å²) in [6.07, 6.45) is 1.65. The number of methoxy groups -OCH3 is 1. The second-order valence-electron chi connectivity index (χ2n) is 6.99. The average Bonchev–Trinajstić information content (AvgIpc) is 3.27. The molecule has 0 radical (unpaired) electrons. The van der Waals surface area contributed by atoms with E-state index in [1.165, 1.54) is 11.1 Å². The summed E-state index contributed by atoms with van der Waals surface area (Å²) < 4.78 is 10.5. The number of nitrogens with zero attached hydrogens (tertiary/aromatic N) is 4. The molecule has 3 aromatic rings. The molecule has 0 spiro atoms. The topological polar surface area (TPSA) is 75.8 Å². The quantitative estimate of drug-likeness (QED) is 0.455. The molecular weight excluding hydrogens is 378 g/mol. The molecule has 1 aromatic heterocycles. The Hall–Kier alpha value is -3.35. The molecule has 0 atom stereocenters. The zero-order valence-electron chi connectivity index (χ0n) is 18.1. The fourth-order valence-electron chi connectivity index (χ4n) is 3.11. The van der Waals surface area contributed by atoms with Gasteiger partial charge in [0.1, 0.15) is 5.75 Å². The maximum absolute atomic E-state index is 5.29. The predicted molar refractivity (Wildman–Crippen MR) is 119 cm³/mol. The van der Waals surface area contributed by atoms with E-state index >= 15 is 0 Å². The molecule has 7 heteroatoms. The SMILES string of the molecule is CCc1noc(-c2ccc(CCNC(=NC)N(C)Cc3ccc(OC)cc3)cc2)n1. The highest BCUT2D eigenvalue weighted by Gasteiger charge is 2.09. The first-order valence-electron chi connectivity index (χ1n) is 10.1. The third-order valence-electron chi connectivity index (χ3n) is 4.83. The first-order chi connectivity index (χ1) is 14.6. The molecule has 2 aromatic carbocycles. The van der Waals surface area contributed by atoms with Crippen LogP contribution in [0.4, 0.5) is 0 Å². The summed E-state index contributed by atoms with van der Waals surface area (Å²) >= 11 is 0. The van der Waals surface area contributed by atoms with Gasteiger partial charge in [-0.05, 0) is 41.8 Å². The Balaban J connectivity index is 1.49. The molecule has 30 heavy (non-hydrogen) atoms.